The van der Waals surface area contributed by atoms with Crippen LogP contribution in [0.3, 0.4) is 0 Å². The smallest absolute Gasteiger partial charge is 0.130 e. The highest BCUT2D eigenvalue weighted by Gasteiger charge is 2.22. The Hall–Kier alpha value is -0.590. The van der Waals surface area contributed by atoms with E-state index in [-0.39, 0.29) is 11.2 Å². The summed E-state index contributed by atoms with van der Waals surface area (Å²) in [7, 11) is 0. The summed E-state index contributed by atoms with van der Waals surface area (Å²) in [5.41, 5.74) is 2.68. The van der Waals surface area contributed by atoms with Gasteiger partial charge >= 0.3 is 0 Å². The lowest BCUT2D eigenvalue weighted by Gasteiger charge is -2.25. The molecule has 0 unspecified atom stereocenters. The van der Waals surface area contributed by atoms with E-state index < -0.39 is 0 Å². The Kier molecular flexibility index (Phi) is 3.69. The van der Waals surface area contributed by atoms with Crippen LogP contribution in [0.4, 0.5) is 0 Å². The fraction of sp³-hybridized carbons (Fsp3) is 0.727. The van der Waals surface area contributed by atoms with Gasteiger partial charge in [-0.3, -0.25) is 4.79 Å². The first-order chi connectivity index (χ1) is 5.27. The summed E-state index contributed by atoms with van der Waals surface area (Å²) in [6.07, 6.45) is 0.643. The Morgan fingerprint density at radius 1 is 1.08 bits per heavy atom. The molecule has 0 aliphatic carbocycles. The van der Waals surface area contributed by atoms with Crippen LogP contribution in [0.25, 0.3) is 0 Å². The standard InChI is InChI=1S/C11H20O/c1-8(2)10(4)11(5,6)7-9(3)12/h7H2,1-6H3. The molecule has 0 N–H and O–H groups in total. The normalized spacial score (nSPS) is 11.2. The Labute approximate surface area is 75.9 Å². The third-order valence-corrected chi connectivity index (χ3v) is 2.46. The summed E-state index contributed by atoms with van der Waals surface area (Å²) in [4.78, 5) is 11.0. The van der Waals surface area contributed by atoms with Crippen LogP contribution in [-0.4, -0.2) is 5.78 Å². The van der Waals surface area contributed by atoms with E-state index in [9.17, 15) is 4.79 Å². The van der Waals surface area contributed by atoms with Crippen LogP contribution < -0.4 is 0 Å². The zero-order valence-electron chi connectivity index (χ0n) is 9.12. The fourth-order valence-electron chi connectivity index (χ4n) is 1.43. The molecular weight excluding hydrogens is 148 g/mol. The summed E-state index contributed by atoms with van der Waals surface area (Å²) >= 11 is 0. The van der Waals surface area contributed by atoms with E-state index >= 15 is 0 Å². The summed E-state index contributed by atoms with van der Waals surface area (Å²) in [5, 5.41) is 0. The van der Waals surface area contributed by atoms with Gasteiger partial charge in [-0.05, 0) is 33.1 Å². The van der Waals surface area contributed by atoms with E-state index in [1.54, 1.807) is 6.92 Å². The number of allylic oxidation sites excluding steroid dienone is 2. The maximum absolute atomic E-state index is 11.0. The number of rotatable bonds is 3. The van der Waals surface area contributed by atoms with Gasteiger partial charge in [0, 0.05) is 6.42 Å². The van der Waals surface area contributed by atoms with Gasteiger partial charge in [0.25, 0.3) is 0 Å². The maximum atomic E-state index is 11.0. The number of Topliss-reactive ketones (excluding diaryl/α,β-unsaturated/α-hetero) is 1. The van der Waals surface area contributed by atoms with Crippen molar-refractivity contribution < 1.29 is 4.79 Å². The molecule has 0 spiro atoms. The van der Waals surface area contributed by atoms with Gasteiger partial charge in [0.05, 0.1) is 0 Å². The van der Waals surface area contributed by atoms with E-state index in [1.165, 1.54) is 11.1 Å². The molecular formula is C11H20O. The van der Waals surface area contributed by atoms with Crippen molar-refractivity contribution in [2.45, 2.75) is 48.0 Å². The van der Waals surface area contributed by atoms with Crippen molar-refractivity contribution in [1.82, 2.24) is 0 Å². The Morgan fingerprint density at radius 2 is 1.50 bits per heavy atom. The van der Waals surface area contributed by atoms with Crippen molar-refractivity contribution in [2.75, 3.05) is 0 Å². The molecule has 12 heavy (non-hydrogen) atoms. The van der Waals surface area contributed by atoms with E-state index in [0.717, 1.165) is 0 Å². The van der Waals surface area contributed by atoms with Gasteiger partial charge in [-0.15, -0.1) is 0 Å². The van der Waals surface area contributed by atoms with Gasteiger partial charge in [0.2, 0.25) is 0 Å². The third kappa shape index (κ3) is 3.21. The molecule has 0 radical (unpaired) electrons. The van der Waals surface area contributed by atoms with Crippen molar-refractivity contribution in [1.29, 1.82) is 0 Å². The second-order valence-electron chi connectivity index (χ2n) is 4.39. The topological polar surface area (TPSA) is 17.1 Å². The van der Waals surface area contributed by atoms with Crippen molar-refractivity contribution in [3.05, 3.63) is 11.1 Å². The molecule has 0 amide bonds. The number of carbonyl (C=O) groups excluding carboxylic acids is 1. The summed E-state index contributed by atoms with van der Waals surface area (Å²) < 4.78 is 0. The molecule has 0 atom stereocenters. The van der Waals surface area contributed by atoms with E-state index in [2.05, 4.69) is 34.6 Å². The van der Waals surface area contributed by atoms with Crippen molar-refractivity contribution >= 4 is 5.78 Å². The summed E-state index contributed by atoms with van der Waals surface area (Å²) in [5.74, 6) is 0.264. The van der Waals surface area contributed by atoms with Crippen LogP contribution in [0, 0.1) is 5.41 Å². The van der Waals surface area contributed by atoms with Gasteiger partial charge < -0.3 is 0 Å². The first-order valence-corrected chi connectivity index (χ1v) is 4.41. The molecule has 1 nitrogen and oxygen atoms in total. The summed E-state index contributed by atoms with van der Waals surface area (Å²) in [6, 6.07) is 0. The van der Waals surface area contributed by atoms with Crippen LogP contribution in [0.5, 0.6) is 0 Å². The van der Waals surface area contributed by atoms with Gasteiger partial charge in [0.1, 0.15) is 5.78 Å². The Bertz CT molecular complexity index is 205. The average molecular weight is 168 g/mol. The van der Waals surface area contributed by atoms with E-state index in [4.69, 9.17) is 0 Å². The molecule has 0 aromatic rings. The highest BCUT2D eigenvalue weighted by molar-refractivity contribution is 5.76. The molecule has 0 heterocycles. The molecule has 0 bridgehead atoms. The lowest BCUT2D eigenvalue weighted by atomic mass is 9.79. The first-order valence-electron chi connectivity index (χ1n) is 4.41. The second-order valence-corrected chi connectivity index (χ2v) is 4.39. The molecule has 0 rings (SSSR count). The van der Waals surface area contributed by atoms with E-state index in [1.807, 2.05) is 0 Å². The first kappa shape index (κ1) is 11.4. The average Bonchev–Trinajstić information content (AvgIpc) is 1.82. The quantitative estimate of drug-likeness (QED) is 0.591. The highest BCUT2D eigenvalue weighted by atomic mass is 16.1. The van der Waals surface area contributed by atoms with Crippen LogP contribution in [0.15, 0.2) is 11.1 Å². The van der Waals surface area contributed by atoms with Gasteiger partial charge in [0.15, 0.2) is 0 Å². The second kappa shape index (κ2) is 3.88. The van der Waals surface area contributed by atoms with Gasteiger partial charge in [-0.2, -0.15) is 0 Å². The lowest BCUT2D eigenvalue weighted by molar-refractivity contribution is -0.118. The zero-order valence-corrected chi connectivity index (χ0v) is 9.12. The molecule has 70 valence electrons. The minimum absolute atomic E-state index is 0.0324. The fourth-order valence-corrected chi connectivity index (χ4v) is 1.43. The monoisotopic (exact) mass is 168 g/mol. The maximum Gasteiger partial charge on any atom is 0.130 e. The Morgan fingerprint density at radius 3 is 1.75 bits per heavy atom. The largest absolute Gasteiger partial charge is 0.300 e. The molecule has 1 heteroatoms. The minimum atomic E-state index is 0.0324. The van der Waals surface area contributed by atoms with Crippen LogP contribution in [-0.2, 0) is 4.79 Å². The molecule has 0 aromatic heterocycles. The minimum Gasteiger partial charge on any atom is -0.300 e. The van der Waals surface area contributed by atoms with E-state index in [0.29, 0.717) is 6.42 Å². The number of ketones is 1. The number of carbonyl (C=O) groups is 1. The van der Waals surface area contributed by atoms with Gasteiger partial charge in [-0.25, -0.2) is 0 Å². The van der Waals surface area contributed by atoms with Crippen LogP contribution in [0.1, 0.15) is 48.0 Å². The summed E-state index contributed by atoms with van der Waals surface area (Å²) in [6.45, 7) is 12.2. The zero-order chi connectivity index (χ0) is 9.94. The molecule has 0 aliphatic rings. The van der Waals surface area contributed by atoms with Crippen LogP contribution in [0.2, 0.25) is 0 Å². The van der Waals surface area contributed by atoms with Crippen LogP contribution >= 0.6 is 0 Å². The van der Waals surface area contributed by atoms with Gasteiger partial charge in [-0.1, -0.05) is 25.0 Å². The SMILES string of the molecule is CC(=O)CC(C)(C)C(C)=C(C)C. The number of hydrogen-bond donors (Lipinski definition) is 0. The van der Waals surface area contributed by atoms with Crippen molar-refractivity contribution in [2.24, 2.45) is 5.41 Å². The third-order valence-electron chi connectivity index (χ3n) is 2.46. The molecule has 0 aromatic carbocycles. The predicted molar refractivity (Wildman–Crippen MR) is 53.1 cm³/mol. The Balaban J connectivity index is 4.62. The van der Waals surface area contributed by atoms with Crippen molar-refractivity contribution in [3.63, 3.8) is 0 Å². The lowest BCUT2D eigenvalue weighted by Crippen LogP contribution is -2.17. The number of hydrogen-bond acceptors (Lipinski definition) is 1. The molecule has 0 saturated heterocycles. The highest BCUT2D eigenvalue weighted by Crippen LogP contribution is 2.31. The molecule has 0 saturated carbocycles. The molecule has 0 fully saturated rings. The van der Waals surface area contributed by atoms with Crippen molar-refractivity contribution in [3.8, 4) is 0 Å². The molecule has 0 aliphatic heterocycles. The predicted octanol–water partition coefficient (Wildman–Crippen LogP) is 3.35.